The van der Waals surface area contributed by atoms with E-state index in [9.17, 15) is 14.4 Å². The van der Waals surface area contributed by atoms with Gasteiger partial charge in [0.15, 0.2) is 29.7 Å². The number of allylic oxidation sites excluding steroid dienone is 1. The van der Waals surface area contributed by atoms with Crippen LogP contribution in [0.25, 0.3) is 6.08 Å². The van der Waals surface area contributed by atoms with Crippen molar-refractivity contribution in [2.24, 2.45) is 0 Å². The van der Waals surface area contributed by atoms with Gasteiger partial charge < -0.3 is 9.47 Å². The number of benzene rings is 4. The number of hydrogen-bond donors (Lipinski definition) is 0. The molecule has 0 aliphatic heterocycles. The van der Waals surface area contributed by atoms with Crippen LogP contribution in [0.5, 0.6) is 11.5 Å². The number of fused-ring (bicyclic) bond motifs is 1. The topological polar surface area (TPSA) is 72.9 Å². The first-order valence-corrected chi connectivity index (χ1v) is 12.3. The summed E-state index contributed by atoms with van der Waals surface area (Å²) in [5.74, 6) is -0.0458. The lowest BCUT2D eigenvalue weighted by atomic mass is 10.1. The van der Waals surface area contributed by atoms with E-state index in [0.717, 1.165) is 11.4 Å². The van der Waals surface area contributed by atoms with Gasteiger partial charge in [-0.15, -0.1) is 0 Å². The fourth-order valence-corrected chi connectivity index (χ4v) is 4.37. The number of rotatable bonds is 8. The third-order valence-electron chi connectivity index (χ3n) is 6.11. The standard InChI is InChI=1S/C32H25NO5/c1-2-37-29-20-22(19-27-31(35)25-15-9-10-16-26(25)32(27)36)17-18-28(29)38-21-30(34)33(23-11-5-3-6-12-23)24-13-7-4-8-14-24/h3-20H,2,21H2,1H3. The van der Waals surface area contributed by atoms with Gasteiger partial charge in [-0.3, -0.25) is 19.3 Å². The molecular weight excluding hydrogens is 478 g/mol. The Morgan fingerprint density at radius 1 is 0.711 bits per heavy atom. The second kappa shape index (κ2) is 11.0. The first-order valence-electron chi connectivity index (χ1n) is 12.3. The van der Waals surface area contributed by atoms with Gasteiger partial charge in [0.25, 0.3) is 5.91 Å². The number of amides is 1. The SMILES string of the molecule is CCOc1cc(C=C2C(=O)c3ccccc3C2=O)ccc1OCC(=O)N(c1ccccc1)c1ccccc1. The molecule has 0 radical (unpaired) electrons. The molecule has 0 atom stereocenters. The zero-order chi connectivity index (χ0) is 26.5. The van der Waals surface area contributed by atoms with E-state index in [0.29, 0.717) is 34.8 Å². The molecule has 4 aromatic rings. The maximum atomic E-state index is 13.3. The normalized spacial score (nSPS) is 12.2. The van der Waals surface area contributed by atoms with Gasteiger partial charge in [-0.05, 0) is 55.0 Å². The highest BCUT2D eigenvalue weighted by molar-refractivity contribution is 6.41. The van der Waals surface area contributed by atoms with Crippen LogP contribution in [0, 0.1) is 0 Å². The van der Waals surface area contributed by atoms with Crippen molar-refractivity contribution in [3.05, 3.63) is 125 Å². The molecule has 6 heteroatoms. The molecule has 4 aromatic carbocycles. The number of carbonyl (C=O) groups is 3. The molecule has 0 aromatic heterocycles. The first-order chi connectivity index (χ1) is 18.6. The monoisotopic (exact) mass is 503 g/mol. The van der Waals surface area contributed by atoms with E-state index in [2.05, 4.69) is 0 Å². The maximum Gasteiger partial charge on any atom is 0.269 e. The maximum absolute atomic E-state index is 13.3. The number of ketones is 2. The van der Waals surface area contributed by atoms with Crippen molar-refractivity contribution in [3.63, 3.8) is 0 Å². The summed E-state index contributed by atoms with van der Waals surface area (Å²) in [4.78, 5) is 40.5. The van der Waals surface area contributed by atoms with Crippen molar-refractivity contribution in [1.29, 1.82) is 0 Å². The molecule has 0 saturated heterocycles. The Morgan fingerprint density at radius 3 is 1.82 bits per heavy atom. The van der Waals surface area contributed by atoms with Crippen LogP contribution in [0.3, 0.4) is 0 Å². The minimum absolute atomic E-state index is 0.110. The lowest BCUT2D eigenvalue weighted by Gasteiger charge is -2.23. The van der Waals surface area contributed by atoms with Crippen molar-refractivity contribution in [1.82, 2.24) is 0 Å². The molecule has 0 saturated carbocycles. The van der Waals surface area contributed by atoms with Crippen molar-refractivity contribution in [2.75, 3.05) is 18.1 Å². The van der Waals surface area contributed by atoms with Gasteiger partial charge in [0.05, 0.1) is 12.2 Å². The second-order valence-electron chi connectivity index (χ2n) is 8.59. The van der Waals surface area contributed by atoms with Gasteiger partial charge >= 0.3 is 0 Å². The highest BCUT2D eigenvalue weighted by atomic mass is 16.5. The minimum Gasteiger partial charge on any atom is -0.490 e. The fraction of sp³-hybridized carbons (Fsp3) is 0.0938. The van der Waals surface area contributed by atoms with Gasteiger partial charge in [0.2, 0.25) is 0 Å². The number of carbonyl (C=O) groups excluding carboxylic acids is 3. The van der Waals surface area contributed by atoms with Crippen LogP contribution in [0.1, 0.15) is 33.2 Å². The zero-order valence-corrected chi connectivity index (χ0v) is 20.8. The average Bonchev–Trinajstić information content (AvgIpc) is 3.19. The minimum atomic E-state index is -0.295. The summed E-state index contributed by atoms with van der Waals surface area (Å²) in [5, 5.41) is 0. The van der Waals surface area contributed by atoms with Crippen LogP contribution in [0.2, 0.25) is 0 Å². The third kappa shape index (κ3) is 4.97. The number of anilines is 2. The largest absolute Gasteiger partial charge is 0.490 e. The Morgan fingerprint density at radius 2 is 1.26 bits per heavy atom. The van der Waals surface area contributed by atoms with E-state index in [-0.39, 0.29) is 29.7 Å². The number of hydrogen-bond acceptors (Lipinski definition) is 5. The third-order valence-corrected chi connectivity index (χ3v) is 6.11. The van der Waals surface area contributed by atoms with E-state index in [1.54, 1.807) is 53.4 Å². The van der Waals surface area contributed by atoms with Gasteiger partial charge in [0, 0.05) is 22.5 Å². The van der Waals surface area contributed by atoms with E-state index < -0.39 is 0 Å². The van der Waals surface area contributed by atoms with Crippen LogP contribution in [0.15, 0.2) is 109 Å². The number of ether oxygens (including phenoxy) is 2. The Balaban J connectivity index is 1.38. The van der Waals surface area contributed by atoms with Crippen LogP contribution in [0.4, 0.5) is 11.4 Å². The molecule has 0 bridgehead atoms. The molecule has 0 heterocycles. The second-order valence-corrected chi connectivity index (χ2v) is 8.59. The van der Waals surface area contributed by atoms with E-state index >= 15 is 0 Å². The van der Waals surface area contributed by atoms with Crippen molar-refractivity contribution in [2.45, 2.75) is 6.92 Å². The summed E-state index contributed by atoms with van der Waals surface area (Å²) in [5.41, 5.74) is 3.00. The molecular formula is C32H25NO5. The van der Waals surface area contributed by atoms with Crippen LogP contribution in [-0.2, 0) is 4.79 Å². The predicted octanol–water partition coefficient (Wildman–Crippen LogP) is 6.29. The smallest absolute Gasteiger partial charge is 0.269 e. The quantitative estimate of drug-likeness (QED) is 0.209. The highest BCUT2D eigenvalue weighted by Gasteiger charge is 2.32. The molecule has 1 aliphatic carbocycles. The van der Waals surface area contributed by atoms with Crippen molar-refractivity contribution >= 4 is 34.9 Å². The molecule has 1 aliphatic rings. The molecule has 6 nitrogen and oxygen atoms in total. The van der Waals surface area contributed by atoms with Crippen molar-refractivity contribution in [3.8, 4) is 11.5 Å². The number of para-hydroxylation sites is 2. The van der Waals surface area contributed by atoms with E-state index in [1.165, 1.54) is 0 Å². The predicted molar refractivity (Wildman–Crippen MR) is 146 cm³/mol. The van der Waals surface area contributed by atoms with Gasteiger partial charge in [-0.1, -0.05) is 66.7 Å². The van der Waals surface area contributed by atoms with Crippen LogP contribution >= 0.6 is 0 Å². The molecule has 0 unspecified atom stereocenters. The van der Waals surface area contributed by atoms with Gasteiger partial charge in [0.1, 0.15) is 0 Å². The van der Waals surface area contributed by atoms with Crippen LogP contribution < -0.4 is 14.4 Å². The molecule has 0 spiro atoms. The summed E-state index contributed by atoms with van der Waals surface area (Å²) >= 11 is 0. The average molecular weight is 504 g/mol. The Hall–Kier alpha value is -4.97. The molecule has 38 heavy (non-hydrogen) atoms. The van der Waals surface area contributed by atoms with Gasteiger partial charge in [-0.2, -0.15) is 0 Å². The molecule has 1 amide bonds. The lowest BCUT2D eigenvalue weighted by Crippen LogP contribution is -2.31. The van der Waals surface area contributed by atoms with E-state index in [1.807, 2.05) is 67.6 Å². The summed E-state index contributed by atoms with van der Waals surface area (Å²) in [6, 6.07) is 30.6. The summed E-state index contributed by atoms with van der Waals surface area (Å²) in [6.07, 6.45) is 1.56. The van der Waals surface area contributed by atoms with Gasteiger partial charge in [-0.25, -0.2) is 0 Å². The highest BCUT2D eigenvalue weighted by Crippen LogP contribution is 2.33. The summed E-state index contributed by atoms with van der Waals surface area (Å²) in [6.45, 7) is 1.98. The first kappa shape index (κ1) is 24.7. The fourth-order valence-electron chi connectivity index (χ4n) is 4.37. The molecule has 0 N–H and O–H groups in total. The number of Topliss-reactive ketones (excluding diaryl/α,β-unsaturated/α-hetero) is 2. The summed E-state index contributed by atoms with van der Waals surface area (Å²) < 4.78 is 11.7. The Labute approximate surface area is 220 Å². The Kier molecular flexibility index (Phi) is 7.13. The summed E-state index contributed by atoms with van der Waals surface area (Å²) in [7, 11) is 0. The Bertz CT molecular complexity index is 1450. The lowest BCUT2D eigenvalue weighted by molar-refractivity contribution is -0.119. The van der Waals surface area contributed by atoms with E-state index in [4.69, 9.17) is 9.47 Å². The number of nitrogens with zero attached hydrogens (tertiary/aromatic N) is 1. The zero-order valence-electron chi connectivity index (χ0n) is 20.8. The molecule has 188 valence electrons. The van der Waals surface area contributed by atoms with Crippen molar-refractivity contribution < 1.29 is 23.9 Å². The molecule has 0 fully saturated rings. The molecule has 5 rings (SSSR count). The van der Waals surface area contributed by atoms with Crippen LogP contribution in [-0.4, -0.2) is 30.7 Å².